The summed E-state index contributed by atoms with van der Waals surface area (Å²) in [5, 5.41) is 6.05. The molecule has 170 valence electrons. The van der Waals surface area contributed by atoms with E-state index in [1.165, 1.54) is 12.1 Å². The summed E-state index contributed by atoms with van der Waals surface area (Å²) in [5.74, 6) is -1.26. The first kappa shape index (κ1) is 21.3. The van der Waals surface area contributed by atoms with Crippen molar-refractivity contribution in [3.8, 4) is 28.0 Å². The fraction of sp³-hybridized carbons (Fsp3) is 0.280. The van der Waals surface area contributed by atoms with E-state index >= 15 is 0 Å². The van der Waals surface area contributed by atoms with Crippen LogP contribution < -0.4 is 21.1 Å². The second-order valence-electron chi connectivity index (χ2n) is 8.35. The first-order valence-corrected chi connectivity index (χ1v) is 11.0. The molecule has 0 spiro atoms. The van der Waals surface area contributed by atoms with Crippen LogP contribution in [0.1, 0.15) is 28.8 Å². The second-order valence-corrected chi connectivity index (χ2v) is 8.35. The van der Waals surface area contributed by atoms with Gasteiger partial charge in [-0.2, -0.15) is 4.39 Å². The third kappa shape index (κ3) is 4.26. The van der Waals surface area contributed by atoms with Crippen molar-refractivity contribution >= 4 is 11.7 Å². The minimum atomic E-state index is -0.778. The predicted molar refractivity (Wildman–Crippen MR) is 122 cm³/mol. The van der Waals surface area contributed by atoms with Gasteiger partial charge in [0.1, 0.15) is 11.9 Å². The number of halogens is 2. The quantitative estimate of drug-likeness (QED) is 0.528. The maximum absolute atomic E-state index is 14.8. The van der Waals surface area contributed by atoms with Crippen molar-refractivity contribution in [1.82, 2.24) is 15.6 Å². The van der Waals surface area contributed by atoms with E-state index in [4.69, 9.17) is 10.5 Å². The number of amides is 1. The number of rotatable bonds is 4. The third-order valence-electron chi connectivity index (χ3n) is 6.17. The lowest BCUT2D eigenvalue weighted by atomic mass is 9.94. The summed E-state index contributed by atoms with van der Waals surface area (Å²) in [4.78, 5) is 15.9. The van der Waals surface area contributed by atoms with Gasteiger partial charge < -0.3 is 21.1 Å². The number of benzene rings is 2. The van der Waals surface area contributed by atoms with Gasteiger partial charge in [0.2, 0.25) is 5.95 Å². The number of fused-ring (bicyclic) bond motifs is 1. The highest BCUT2D eigenvalue weighted by molar-refractivity contribution is 5.97. The highest BCUT2D eigenvalue weighted by atomic mass is 19.1. The van der Waals surface area contributed by atoms with E-state index in [1.807, 2.05) is 6.07 Å². The van der Waals surface area contributed by atoms with E-state index in [-0.39, 0.29) is 29.1 Å². The van der Waals surface area contributed by atoms with Gasteiger partial charge in [-0.3, -0.25) is 4.79 Å². The summed E-state index contributed by atoms with van der Waals surface area (Å²) < 4.78 is 35.4. The molecule has 0 atom stereocenters. The Morgan fingerprint density at radius 3 is 2.48 bits per heavy atom. The Balaban J connectivity index is 1.48. The van der Waals surface area contributed by atoms with E-state index in [0.29, 0.717) is 29.7 Å². The number of nitrogens with one attached hydrogen (secondary N) is 2. The molecule has 1 amide bonds. The van der Waals surface area contributed by atoms with Crippen LogP contribution in [0.3, 0.4) is 0 Å². The van der Waals surface area contributed by atoms with E-state index < -0.39 is 11.8 Å². The van der Waals surface area contributed by atoms with Gasteiger partial charge in [0.15, 0.2) is 11.6 Å². The largest absolute Gasteiger partial charge is 0.487 e. The molecule has 6 nitrogen and oxygen atoms in total. The molecule has 0 aliphatic carbocycles. The summed E-state index contributed by atoms with van der Waals surface area (Å²) in [5.41, 5.74) is 9.27. The Bertz CT molecular complexity index is 1230. The maximum atomic E-state index is 14.8. The highest BCUT2D eigenvalue weighted by Crippen LogP contribution is 2.34. The van der Waals surface area contributed by atoms with Crippen molar-refractivity contribution in [1.29, 1.82) is 0 Å². The zero-order valence-corrected chi connectivity index (χ0v) is 18.0. The molecule has 5 rings (SSSR count). The van der Waals surface area contributed by atoms with Gasteiger partial charge >= 0.3 is 0 Å². The number of anilines is 1. The Kier molecular flexibility index (Phi) is 5.68. The average molecular weight is 450 g/mol. The lowest BCUT2D eigenvalue weighted by molar-refractivity contribution is 0.0946. The number of nitrogen functional groups attached to an aromatic ring is 1. The molecule has 2 aliphatic rings. The second kappa shape index (κ2) is 8.78. The van der Waals surface area contributed by atoms with Gasteiger partial charge in [-0.15, -0.1) is 0 Å². The predicted octanol–water partition coefficient (Wildman–Crippen LogP) is 3.69. The lowest BCUT2D eigenvalue weighted by Crippen LogP contribution is -2.34. The molecule has 2 aromatic carbocycles. The van der Waals surface area contributed by atoms with E-state index in [2.05, 4.69) is 15.6 Å². The van der Waals surface area contributed by atoms with Gasteiger partial charge in [0.25, 0.3) is 5.91 Å². The number of carbonyl (C=O) groups is 1. The number of piperidine rings is 1. The van der Waals surface area contributed by atoms with Gasteiger partial charge in [0.05, 0.1) is 0 Å². The molecule has 4 N–H and O–H groups in total. The maximum Gasteiger partial charge on any atom is 0.251 e. The van der Waals surface area contributed by atoms with Crippen LogP contribution in [0.15, 0.2) is 42.5 Å². The lowest BCUT2D eigenvalue weighted by Gasteiger charge is -2.24. The first-order valence-electron chi connectivity index (χ1n) is 11.0. The molecule has 1 saturated heterocycles. The van der Waals surface area contributed by atoms with Crippen molar-refractivity contribution in [2.75, 3.05) is 25.4 Å². The molecule has 2 aliphatic heterocycles. The standard InChI is InChI=1S/C25H24F2N4O2/c26-21-12-15(2-4-22(21)33-17-6-8-29-9-7-17)19-13-20(24(28)31-23(19)27)14-1-3-18-16(11-14)5-10-30-25(18)32/h1-4,11-13,17,29H,5-10H2,(H2,28,31)(H,30,32). The van der Waals surface area contributed by atoms with Crippen LogP contribution in [-0.4, -0.2) is 36.6 Å². The highest BCUT2D eigenvalue weighted by Gasteiger charge is 2.20. The molecule has 8 heteroatoms. The van der Waals surface area contributed by atoms with Crippen molar-refractivity contribution in [3.05, 3.63) is 65.4 Å². The minimum absolute atomic E-state index is 0.0304. The number of nitrogens with two attached hydrogens (primary N) is 1. The Hall–Kier alpha value is -3.52. The van der Waals surface area contributed by atoms with Gasteiger partial charge in [0, 0.05) is 23.2 Å². The number of carbonyl (C=O) groups excluding carboxylic acids is 1. The molecule has 1 fully saturated rings. The number of nitrogens with zero attached hydrogens (tertiary/aromatic N) is 1. The van der Waals surface area contributed by atoms with Crippen LogP contribution in [0.5, 0.6) is 5.75 Å². The normalized spacial score (nSPS) is 16.2. The van der Waals surface area contributed by atoms with Crippen molar-refractivity contribution in [2.24, 2.45) is 0 Å². The van der Waals surface area contributed by atoms with Crippen molar-refractivity contribution in [3.63, 3.8) is 0 Å². The number of ether oxygens (including phenoxy) is 1. The first-order chi connectivity index (χ1) is 16.0. The SMILES string of the molecule is Nc1nc(F)c(-c2ccc(OC3CCNCC3)c(F)c2)cc1-c1ccc2c(c1)CCNC2=O. The summed E-state index contributed by atoms with van der Waals surface area (Å²) in [6, 6.07) is 11.3. The van der Waals surface area contributed by atoms with E-state index in [9.17, 15) is 13.6 Å². The summed E-state index contributed by atoms with van der Waals surface area (Å²) in [6.45, 7) is 2.23. The molecular weight excluding hydrogens is 426 g/mol. The summed E-state index contributed by atoms with van der Waals surface area (Å²) >= 11 is 0. The zero-order valence-electron chi connectivity index (χ0n) is 18.0. The van der Waals surface area contributed by atoms with Gasteiger partial charge in [-0.05, 0) is 73.3 Å². The Morgan fingerprint density at radius 2 is 1.70 bits per heavy atom. The van der Waals surface area contributed by atoms with Crippen LogP contribution >= 0.6 is 0 Å². The van der Waals surface area contributed by atoms with Crippen LogP contribution in [0.4, 0.5) is 14.6 Å². The minimum Gasteiger partial charge on any atom is -0.487 e. The molecule has 1 aromatic heterocycles. The molecule has 0 bridgehead atoms. The molecule has 3 aromatic rings. The van der Waals surface area contributed by atoms with Crippen molar-refractivity contribution < 1.29 is 18.3 Å². The Labute approximate surface area is 190 Å². The molecule has 33 heavy (non-hydrogen) atoms. The van der Waals surface area contributed by atoms with E-state index in [1.54, 1.807) is 24.3 Å². The molecule has 3 heterocycles. The fourth-order valence-corrected chi connectivity index (χ4v) is 4.39. The molecular formula is C25H24F2N4O2. The zero-order chi connectivity index (χ0) is 22.9. The molecule has 0 saturated carbocycles. The number of aromatic nitrogens is 1. The van der Waals surface area contributed by atoms with Crippen LogP contribution in [-0.2, 0) is 6.42 Å². The smallest absolute Gasteiger partial charge is 0.251 e. The van der Waals surface area contributed by atoms with Crippen LogP contribution in [0.25, 0.3) is 22.3 Å². The molecule has 0 unspecified atom stereocenters. The summed E-state index contributed by atoms with van der Waals surface area (Å²) in [6.07, 6.45) is 2.27. The van der Waals surface area contributed by atoms with Gasteiger partial charge in [-0.25, -0.2) is 9.37 Å². The van der Waals surface area contributed by atoms with Crippen molar-refractivity contribution in [2.45, 2.75) is 25.4 Å². The van der Waals surface area contributed by atoms with Crippen LogP contribution in [0.2, 0.25) is 0 Å². The van der Waals surface area contributed by atoms with E-state index in [0.717, 1.165) is 37.1 Å². The monoisotopic (exact) mass is 450 g/mol. The number of hydrogen-bond acceptors (Lipinski definition) is 5. The van der Waals surface area contributed by atoms with Gasteiger partial charge in [-0.1, -0.05) is 18.2 Å². The number of pyridine rings is 1. The van der Waals surface area contributed by atoms with Crippen LogP contribution in [0, 0.1) is 11.8 Å². The summed E-state index contributed by atoms with van der Waals surface area (Å²) in [7, 11) is 0. The fourth-order valence-electron chi connectivity index (χ4n) is 4.39. The topological polar surface area (TPSA) is 89.3 Å². The average Bonchev–Trinajstić information content (AvgIpc) is 2.81. The third-order valence-corrected chi connectivity index (χ3v) is 6.17. The Morgan fingerprint density at radius 1 is 0.939 bits per heavy atom. The molecule has 0 radical (unpaired) electrons. The number of hydrogen-bond donors (Lipinski definition) is 3.